The highest BCUT2D eigenvalue weighted by atomic mass is 79.9. The fourth-order valence-electron chi connectivity index (χ4n) is 1.25. The Hall–Kier alpha value is -0.890. The molecule has 0 saturated heterocycles. The van der Waals surface area contributed by atoms with Crippen molar-refractivity contribution < 1.29 is 9.66 Å². The smallest absolute Gasteiger partial charge is 0.280 e. The number of hydrogen-bond donors (Lipinski definition) is 0. The highest BCUT2D eigenvalue weighted by Crippen LogP contribution is 2.35. The molecule has 5 nitrogen and oxygen atoms in total. The van der Waals surface area contributed by atoms with Crippen molar-refractivity contribution in [3.05, 3.63) is 42.8 Å². The lowest BCUT2D eigenvalue weighted by Gasteiger charge is -2.02. The summed E-state index contributed by atoms with van der Waals surface area (Å²) in [4.78, 5) is 14.9. The van der Waals surface area contributed by atoms with Crippen LogP contribution in [0.3, 0.4) is 0 Å². The van der Waals surface area contributed by atoms with Gasteiger partial charge in [-0.2, -0.15) is 4.98 Å². The maximum Gasteiger partial charge on any atom is 0.280 e. The Morgan fingerprint density at radius 2 is 2.21 bits per heavy atom. The van der Waals surface area contributed by atoms with E-state index in [1.165, 1.54) is 23.5 Å². The van der Waals surface area contributed by atoms with Gasteiger partial charge < -0.3 is 4.74 Å². The molecule has 1 aromatic carbocycles. The van der Waals surface area contributed by atoms with E-state index >= 15 is 0 Å². The number of thiazole rings is 1. The van der Waals surface area contributed by atoms with Gasteiger partial charge in [0.15, 0.2) is 0 Å². The van der Waals surface area contributed by atoms with Gasteiger partial charge in [0.05, 0.1) is 21.7 Å². The fourth-order valence-corrected chi connectivity index (χ4v) is 3.05. The molecular formula is C10H5BrCl2N2O3S. The van der Waals surface area contributed by atoms with Crippen LogP contribution < -0.4 is 4.74 Å². The predicted molar refractivity (Wildman–Crippen MR) is 77.6 cm³/mol. The van der Waals surface area contributed by atoms with Crippen LogP contribution in [0.1, 0.15) is 4.88 Å². The molecular weight excluding hydrogens is 379 g/mol. The molecule has 0 spiro atoms. The van der Waals surface area contributed by atoms with Gasteiger partial charge in [0.25, 0.3) is 10.9 Å². The van der Waals surface area contributed by atoms with Crippen molar-refractivity contribution in [3.63, 3.8) is 0 Å². The zero-order valence-electron chi connectivity index (χ0n) is 9.10. The molecule has 0 aliphatic rings. The molecule has 0 saturated carbocycles. The first-order valence-corrected chi connectivity index (χ1v) is 7.36. The molecule has 0 bridgehead atoms. The van der Waals surface area contributed by atoms with Gasteiger partial charge in [-0.15, -0.1) is 11.6 Å². The van der Waals surface area contributed by atoms with E-state index in [0.717, 1.165) is 0 Å². The van der Waals surface area contributed by atoms with Crippen LogP contribution in [-0.2, 0) is 5.88 Å². The van der Waals surface area contributed by atoms with Gasteiger partial charge in [-0.1, -0.05) is 38.9 Å². The van der Waals surface area contributed by atoms with E-state index in [-0.39, 0.29) is 21.9 Å². The number of ether oxygens (including phenoxy) is 1. The largest absolute Gasteiger partial charge is 0.431 e. The number of aromatic nitrogens is 1. The lowest BCUT2D eigenvalue weighted by molar-refractivity contribution is -0.385. The average Bonchev–Trinajstić information content (AvgIpc) is 2.68. The fraction of sp³-hybridized carbons (Fsp3) is 0.100. The number of hydrogen-bond acceptors (Lipinski definition) is 5. The average molecular weight is 384 g/mol. The molecule has 1 heterocycles. The van der Waals surface area contributed by atoms with E-state index in [1.807, 2.05) is 0 Å². The number of nitro groups is 1. The lowest BCUT2D eigenvalue weighted by Crippen LogP contribution is -1.90. The molecule has 0 fully saturated rings. The van der Waals surface area contributed by atoms with Crippen LogP contribution >= 0.6 is 50.5 Å². The molecule has 0 radical (unpaired) electrons. The summed E-state index contributed by atoms with van der Waals surface area (Å²) in [5, 5.41) is 11.3. The van der Waals surface area contributed by atoms with Crippen LogP contribution in [-0.4, -0.2) is 9.91 Å². The molecule has 2 aromatic rings. The highest BCUT2D eigenvalue weighted by molar-refractivity contribution is 9.10. The summed E-state index contributed by atoms with van der Waals surface area (Å²) in [7, 11) is 0. The SMILES string of the molecule is O=[N+]([O-])c1cc(Br)cc(Oc2nc(Cl)c(CCl)s2)c1. The number of non-ortho nitro benzene ring substituents is 1. The molecule has 0 atom stereocenters. The van der Waals surface area contributed by atoms with Crippen LogP contribution in [0, 0.1) is 10.1 Å². The van der Waals surface area contributed by atoms with Crippen LogP contribution in [0.2, 0.25) is 5.15 Å². The van der Waals surface area contributed by atoms with Crippen LogP contribution in [0.4, 0.5) is 5.69 Å². The minimum Gasteiger partial charge on any atom is -0.431 e. The lowest BCUT2D eigenvalue weighted by atomic mass is 10.3. The van der Waals surface area contributed by atoms with Crippen LogP contribution in [0.25, 0.3) is 0 Å². The Bertz CT molecular complexity index is 635. The van der Waals surface area contributed by atoms with Gasteiger partial charge >= 0.3 is 0 Å². The number of alkyl halides is 1. The van der Waals surface area contributed by atoms with E-state index in [4.69, 9.17) is 27.9 Å². The zero-order valence-corrected chi connectivity index (χ0v) is 13.0. The number of nitro benzene ring substituents is 1. The van der Waals surface area contributed by atoms with Crippen molar-refractivity contribution in [3.8, 4) is 10.9 Å². The van der Waals surface area contributed by atoms with Gasteiger partial charge in [0.2, 0.25) is 0 Å². The quantitative estimate of drug-likeness (QED) is 0.423. The second kappa shape index (κ2) is 6.04. The maximum atomic E-state index is 10.7. The van der Waals surface area contributed by atoms with Crippen LogP contribution in [0.5, 0.6) is 10.9 Å². The number of halogens is 3. The summed E-state index contributed by atoms with van der Waals surface area (Å²) in [5.41, 5.74) is -0.0791. The standard InChI is InChI=1S/C10H5BrCl2N2O3S/c11-5-1-6(15(16)17)3-7(2-5)18-10-14-9(13)8(4-12)19-10/h1-3H,4H2. The predicted octanol–water partition coefficient (Wildman–Crippen LogP) is 5.00. The third-order valence-electron chi connectivity index (χ3n) is 2.02. The normalized spacial score (nSPS) is 10.5. The minimum atomic E-state index is -0.503. The van der Waals surface area contributed by atoms with E-state index < -0.39 is 4.92 Å². The number of benzene rings is 1. The van der Waals surface area contributed by atoms with Crippen molar-refractivity contribution in [2.75, 3.05) is 0 Å². The van der Waals surface area contributed by atoms with Gasteiger partial charge in [-0.05, 0) is 6.07 Å². The van der Waals surface area contributed by atoms with E-state index in [0.29, 0.717) is 15.1 Å². The molecule has 0 amide bonds. The first-order chi connectivity index (χ1) is 8.99. The van der Waals surface area contributed by atoms with E-state index in [1.54, 1.807) is 6.07 Å². The van der Waals surface area contributed by atoms with Crippen LogP contribution in [0.15, 0.2) is 22.7 Å². The first kappa shape index (κ1) is 14.5. The molecule has 19 heavy (non-hydrogen) atoms. The summed E-state index contributed by atoms with van der Waals surface area (Å²) in [6.45, 7) is 0. The Labute approximate surface area is 130 Å². The molecule has 0 aliphatic heterocycles. The third kappa shape index (κ3) is 3.56. The Balaban J connectivity index is 2.29. The first-order valence-electron chi connectivity index (χ1n) is 4.83. The Morgan fingerprint density at radius 3 is 2.79 bits per heavy atom. The topological polar surface area (TPSA) is 65.3 Å². The van der Waals surface area contributed by atoms with Crippen molar-refractivity contribution >= 4 is 56.2 Å². The maximum absolute atomic E-state index is 10.7. The highest BCUT2D eigenvalue weighted by Gasteiger charge is 2.13. The van der Waals surface area contributed by atoms with Gasteiger partial charge in [-0.3, -0.25) is 10.1 Å². The number of nitrogens with zero attached hydrogens (tertiary/aromatic N) is 2. The molecule has 0 unspecified atom stereocenters. The third-order valence-corrected chi connectivity index (χ3v) is 4.27. The second-order valence-electron chi connectivity index (χ2n) is 3.33. The zero-order chi connectivity index (χ0) is 14.0. The van der Waals surface area contributed by atoms with Crippen molar-refractivity contribution in [1.29, 1.82) is 0 Å². The molecule has 2 rings (SSSR count). The molecule has 0 N–H and O–H groups in total. The van der Waals surface area contributed by atoms with Crippen molar-refractivity contribution in [2.24, 2.45) is 0 Å². The summed E-state index contributed by atoms with van der Waals surface area (Å²) < 4.78 is 5.98. The Kier molecular flexibility index (Phi) is 4.62. The van der Waals surface area contributed by atoms with E-state index in [2.05, 4.69) is 20.9 Å². The minimum absolute atomic E-state index is 0.0791. The molecule has 1 aromatic heterocycles. The summed E-state index contributed by atoms with van der Waals surface area (Å²) in [6, 6.07) is 4.29. The molecule has 100 valence electrons. The molecule has 0 aliphatic carbocycles. The Morgan fingerprint density at radius 1 is 1.47 bits per heavy atom. The number of rotatable bonds is 4. The van der Waals surface area contributed by atoms with E-state index in [9.17, 15) is 10.1 Å². The second-order valence-corrected chi connectivity index (χ2v) is 5.92. The molecule has 9 heteroatoms. The van der Waals surface area contributed by atoms with Gasteiger partial charge in [0, 0.05) is 10.5 Å². The van der Waals surface area contributed by atoms with Crippen molar-refractivity contribution in [1.82, 2.24) is 4.98 Å². The van der Waals surface area contributed by atoms with Crippen molar-refractivity contribution in [2.45, 2.75) is 5.88 Å². The monoisotopic (exact) mass is 382 g/mol. The van der Waals surface area contributed by atoms with Gasteiger partial charge in [-0.25, -0.2) is 0 Å². The van der Waals surface area contributed by atoms with Gasteiger partial charge in [0.1, 0.15) is 10.9 Å². The summed E-state index contributed by atoms with van der Waals surface area (Å²) in [6.07, 6.45) is 0. The summed E-state index contributed by atoms with van der Waals surface area (Å²) in [5.74, 6) is 0.533. The summed E-state index contributed by atoms with van der Waals surface area (Å²) >= 11 is 15.9.